The van der Waals surface area contributed by atoms with Crippen LogP contribution in [0.5, 0.6) is 17.2 Å². The summed E-state index contributed by atoms with van der Waals surface area (Å²) < 4.78 is 12.9. The number of aryl methyl sites for hydroxylation is 1. The normalized spacial score (nSPS) is 10.4. The van der Waals surface area contributed by atoms with Gasteiger partial charge in [0.05, 0.1) is 25.2 Å². The van der Waals surface area contributed by atoms with Crippen LogP contribution >= 0.6 is 0 Å². The SMILES string of the molecule is COc1ccccc1Oc1cnn(-c2cccc(C)c2)c1. The van der Waals surface area contributed by atoms with Crippen molar-refractivity contribution >= 4 is 0 Å². The van der Waals surface area contributed by atoms with Crippen LogP contribution < -0.4 is 9.47 Å². The first-order valence-corrected chi connectivity index (χ1v) is 6.69. The Kier molecular flexibility index (Phi) is 3.60. The summed E-state index contributed by atoms with van der Waals surface area (Å²) in [5.74, 6) is 2.03. The second-order valence-corrected chi connectivity index (χ2v) is 4.71. The lowest BCUT2D eigenvalue weighted by molar-refractivity contribution is 0.379. The highest BCUT2D eigenvalue weighted by Crippen LogP contribution is 2.30. The molecule has 0 N–H and O–H groups in total. The number of aromatic nitrogens is 2. The standard InChI is InChI=1S/C17H16N2O2/c1-13-6-5-7-14(10-13)19-12-15(11-18-19)21-17-9-4-3-8-16(17)20-2/h3-12H,1-2H3. The van der Waals surface area contributed by atoms with E-state index < -0.39 is 0 Å². The van der Waals surface area contributed by atoms with Crippen molar-refractivity contribution in [2.75, 3.05) is 7.11 Å². The van der Waals surface area contributed by atoms with Crippen LogP contribution in [0.1, 0.15) is 5.56 Å². The van der Waals surface area contributed by atoms with Crippen LogP contribution in [0.2, 0.25) is 0 Å². The lowest BCUT2D eigenvalue weighted by atomic mass is 10.2. The van der Waals surface area contributed by atoms with Crippen molar-refractivity contribution in [2.24, 2.45) is 0 Å². The van der Waals surface area contributed by atoms with Gasteiger partial charge in [0.15, 0.2) is 17.2 Å². The minimum atomic E-state index is 0.668. The van der Waals surface area contributed by atoms with Crippen LogP contribution in [0.4, 0.5) is 0 Å². The van der Waals surface area contributed by atoms with Crippen molar-refractivity contribution in [1.29, 1.82) is 0 Å². The molecule has 0 unspecified atom stereocenters. The molecule has 1 heterocycles. The maximum Gasteiger partial charge on any atom is 0.169 e. The molecule has 3 aromatic rings. The van der Waals surface area contributed by atoms with Gasteiger partial charge in [0.2, 0.25) is 0 Å². The quantitative estimate of drug-likeness (QED) is 0.725. The van der Waals surface area contributed by atoms with Gasteiger partial charge < -0.3 is 9.47 Å². The zero-order chi connectivity index (χ0) is 14.7. The van der Waals surface area contributed by atoms with Gasteiger partial charge in [-0.15, -0.1) is 0 Å². The number of ether oxygens (including phenoxy) is 2. The third-order valence-electron chi connectivity index (χ3n) is 3.12. The maximum absolute atomic E-state index is 5.82. The molecule has 0 radical (unpaired) electrons. The number of benzene rings is 2. The van der Waals surface area contributed by atoms with Crippen molar-refractivity contribution in [3.8, 4) is 22.9 Å². The van der Waals surface area contributed by atoms with Crippen LogP contribution in [0.3, 0.4) is 0 Å². The Balaban J connectivity index is 1.85. The third kappa shape index (κ3) is 2.89. The predicted octanol–water partition coefficient (Wildman–Crippen LogP) is 3.98. The summed E-state index contributed by atoms with van der Waals surface area (Å²) in [7, 11) is 1.62. The molecule has 0 amide bonds. The van der Waals surface area contributed by atoms with E-state index in [0.29, 0.717) is 17.2 Å². The summed E-state index contributed by atoms with van der Waals surface area (Å²) >= 11 is 0. The Hall–Kier alpha value is -2.75. The molecule has 3 rings (SSSR count). The van der Waals surface area contributed by atoms with Crippen LogP contribution in [-0.4, -0.2) is 16.9 Å². The Morgan fingerprint density at radius 2 is 1.81 bits per heavy atom. The number of methoxy groups -OCH3 is 1. The summed E-state index contributed by atoms with van der Waals surface area (Å²) in [6.45, 7) is 2.05. The zero-order valence-corrected chi connectivity index (χ0v) is 12.0. The minimum absolute atomic E-state index is 0.668. The topological polar surface area (TPSA) is 36.3 Å². The summed E-state index contributed by atoms with van der Waals surface area (Å²) in [4.78, 5) is 0. The van der Waals surface area contributed by atoms with E-state index in [0.717, 1.165) is 5.69 Å². The molecule has 106 valence electrons. The molecule has 0 bridgehead atoms. The van der Waals surface area contributed by atoms with Crippen molar-refractivity contribution in [3.05, 3.63) is 66.5 Å². The smallest absolute Gasteiger partial charge is 0.169 e. The van der Waals surface area contributed by atoms with E-state index in [2.05, 4.69) is 24.2 Å². The molecule has 21 heavy (non-hydrogen) atoms. The second kappa shape index (κ2) is 5.71. The molecule has 0 atom stereocenters. The summed E-state index contributed by atoms with van der Waals surface area (Å²) in [5, 5.41) is 4.33. The van der Waals surface area contributed by atoms with E-state index in [9.17, 15) is 0 Å². The zero-order valence-electron chi connectivity index (χ0n) is 12.0. The summed E-state index contributed by atoms with van der Waals surface area (Å²) in [6.07, 6.45) is 3.54. The van der Waals surface area contributed by atoms with Crippen LogP contribution in [0.15, 0.2) is 60.9 Å². The predicted molar refractivity (Wildman–Crippen MR) is 81.4 cm³/mol. The van der Waals surface area contributed by atoms with Gasteiger partial charge in [-0.3, -0.25) is 0 Å². The molecule has 1 aromatic heterocycles. The molecule has 0 fully saturated rings. The molecule has 4 nitrogen and oxygen atoms in total. The molecular weight excluding hydrogens is 264 g/mol. The van der Waals surface area contributed by atoms with Gasteiger partial charge in [0, 0.05) is 0 Å². The molecular formula is C17H16N2O2. The van der Waals surface area contributed by atoms with Crippen molar-refractivity contribution < 1.29 is 9.47 Å². The second-order valence-electron chi connectivity index (χ2n) is 4.71. The highest BCUT2D eigenvalue weighted by Gasteiger charge is 2.07. The van der Waals surface area contributed by atoms with E-state index in [4.69, 9.17) is 9.47 Å². The third-order valence-corrected chi connectivity index (χ3v) is 3.12. The van der Waals surface area contributed by atoms with E-state index >= 15 is 0 Å². The van der Waals surface area contributed by atoms with Crippen molar-refractivity contribution in [2.45, 2.75) is 6.92 Å². The molecule has 2 aromatic carbocycles. The van der Waals surface area contributed by atoms with Gasteiger partial charge in [-0.05, 0) is 36.8 Å². The minimum Gasteiger partial charge on any atom is -0.493 e. The first-order chi connectivity index (χ1) is 10.3. The molecule has 0 saturated carbocycles. The lowest BCUT2D eigenvalue weighted by Gasteiger charge is -2.07. The van der Waals surface area contributed by atoms with Gasteiger partial charge in [-0.2, -0.15) is 5.10 Å². The highest BCUT2D eigenvalue weighted by atomic mass is 16.5. The Morgan fingerprint density at radius 1 is 1.00 bits per heavy atom. The van der Waals surface area contributed by atoms with E-state index in [-0.39, 0.29) is 0 Å². The Bertz CT molecular complexity index is 750. The van der Waals surface area contributed by atoms with Crippen molar-refractivity contribution in [3.63, 3.8) is 0 Å². The maximum atomic E-state index is 5.82. The lowest BCUT2D eigenvalue weighted by Crippen LogP contribution is -1.94. The van der Waals surface area contributed by atoms with Gasteiger partial charge in [-0.1, -0.05) is 24.3 Å². The number of para-hydroxylation sites is 2. The van der Waals surface area contributed by atoms with E-state index in [1.165, 1.54) is 5.56 Å². The fourth-order valence-electron chi connectivity index (χ4n) is 2.10. The fourth-order valence-corrected chi connectivity index (χ4v) is 2.10. The Labute approximate surface area is 123 Å². The molecule has 0 aliphatic carbocycles. The Morgan fingerprint density at radius 3 is 2.57 bits per heavy atom. The average Bonchev–Trinajstić information content (AvgIpc) is 2.96. The first kappa shape index (κ1) is 13.2. The van der Waals surface area contributed by atoms with Crippen LogP contribution in [0, 0.1) is 6.92 Å². The average molecular weight is 280 g/mol. The van der Waals surface area contributed by atoms with Gasteiger partial charge in [0.25, 0.3) is 0 Å². The van der Waals surface area contributed by atoms with Crippen LogP contribution in [0.25, 0.3) is 5.69 Å². The highest BCUT2D eigenvalue weighted by molar-refractivity contribution is 5.42. The molecule has 4 heteroatoms. The number of hydrogen-bond acceptors (Lipinski definition) is 3. The van der Waals surface area contributed by atoms with E-state index in [1.54, 1.807) is 18.0 Å². The van der Waals surface area contributed by atoms with Gasteiger partial charge in [0.1, 0.15) is 0 Å². The molecule has 0 aliphatic heterocycles. The molecule has 0 saturated heterocycles. The monoisotopic (exact) mass is 280 g/mol. The fraction of sp³-hybridized carbons (Fsp3) is 0.118. The first-order valence-electron chi connectivity index (χ1n) is 6.69. The molecule has 0 aliphatic rings. The van der Waals surface area contributed by atoms with Gasteiger partial charge >= 0.3 is 0 Å². The van der Waals surface area contributed by atoms with Gasteiger partial charge in [-0.25, -0.2) is 4.68 Å². The number of nitrogens with zero attached hydrogens (tertiary/aromatic N) is 2. The van der Waals surface area contributed by atoms with E-state index in [1.807, 2.05) is 42.6 Å². The van der Waals surface area contributed by atoms with Crippen LogP contribution in [-0.2, 0) is 0 Å². The molecule has 0 spiro atoms. The summed E-state index contributed by atoms with van der Waals surface area (Å²) in [6, 6.07) is 15.7. The van der Waals surface area contributed by atoms with Crippen molar-refractivity contribution in [1.82, 2.24) is 9.78 Å². The number of hydrogen-bond donors (Lipinski definition) is 0. The number of rotatable bonds is 4. The summed E-state index contributed by atoms with van der Waals surface area (Å²) in [5.41, 5.74) is 2.19. The largest absolute Gasteiger partial charge is 0.493 e.